The molecule has 1 aromatic carbocycles. The molecule has 0 bridgehead atoms. The first-order valence-electron chi connectivity index (χ1n) is 8.00. The van der Waals surface area contributed by atoms with Gasteiger partial charge in [-0.3, -0.25) is 9.69 Å². The van der Waals surface area contributed by atoms with Crippen LogP contribution in [-0.4, -0.2) is 26.4 Å². The SMILES string of the molecule is Cc1nc(CN2CCc3nc(-c4ccccc4)[nH]c(=O)c3C2)cs1. The molecule has 24 heavy (non-hydrogen) atoms. The first kappa shape index (κ1) is 15.2. The molecule has 0 amide bonds. The predicted octanol–water partition coefficient (Wildman–Crippen LogP) is 2.76. The molecular weight excluding hydrogens is 320 g/mol. The molecule has 1 N–H and O–H groups in total. The number of hydrogen-bond donors (Lipinski definition) is 1. The lowest BCUT2D eigenvalue weighted by atomic mass is 10.1. The van der Waals surface area contributed by atoms with Gasteiger partial charge in [-0.25, -0.2) is 9.97 Å². The lowest BCUT2D eigenvalue weighted by Gasteiger charge is -2.27. The maximum Gasteiger partial charge on any atom is 0.255 e. The van der Waals surface area contributed by atoms with Crippen LogP contribution in [0.1, 0.15) is 22.0 Å². The minimum absolute atomic E-state index is 0.0296. The van der Waals surface area contributed by atoms with E-state index in [-0.39, 0.29) is 5.56 Å². The highest BCUT2D eigenvalue weighted by molar-refractivity contribution is 7.09. The Hall–Kier alpha value is -2.31. The Bertz CT molecular complexity index is 916. The standard InChI is InChI=1S/C18H18N4OS/c1-12-19-14(11-24-12)9-22-8-7-16-15(10-22)18(23)21-17(20-16)13-5-3-2-4-6-13/h2-6,11H,7-10H2,1H3,(H,20,21,23). The van der Waals surface area contributed by atoms with Crippen molar-refractivity contribution in [2.75, 3.05) is 6.54 Å². The van der Waals surface area contributed by atoms with Gasteiger partial charge in [-0.15, -0.1) is 11.3 Å². The molecule has 0 radical (unpaired) electrons. The number of aryl methyl sites for hydroxylation is 1. The first-order valence-corrected chi connectivity index (χ1v) is 8.88. The third-order valence-electron chi connectivity index (χ3n) is 4.25. The summed E-state index contributed by atoms with van der Waals surface area (Å²) in [6.07, 6.45) is 0.794. The summed E-state index contributed by atoms with van der Waals surface area (Å²) in [5.41, 5.74) is 3.69. The molecule has 0 aliphatic carbocycles. The normalized spacial score (nSPS) is 14.5. The molecule has 3 heterocycles. The molecule has 1 aliphatic heterocycles. The molecule has 0 unspecified atom stereocenters. The monoisotopic (exact) mass is 338 g/mol. The van der Waals surface area contributed by atoms with E-state index in [0.29, 0.717) is 12.4 Å². The van der Waals surface area contributed by atoms with Crippen LogP contribution in [-0.2, 0) is 19.5 Å². The average molecular weight is 338 g/mol. The van der Waals surface area contributed by atoms with E-state index < -0.39 is 0 Å². The molecule has 0 saturated carbocycles. The summed E-state index contributed by atoms with van der Waals surface area (Å²) in [4.78, 5) is 26.9. The first-order chi connectivity index (χ1) is 11.7. The van der Waals surface area contributed by atoms with Gasteiger partial charge in [-0.05, 0) is 6.92 Å². The van der Waals surface area contributed by atoms with E-state index in [1.807, 2.05) is 37.3 Å². The third kappa shape index (κ3) is 3.02. The Morgan fingerprint density at radius 1 is 1.25 bits per heavy atom. The van der Waals surface area contributed by atoms with Crippen molar-refractivity contribution in [2.45, 2.75) is 26.4 Å². The van der Waals surface area contributed by atoms with E-state index >= 15 is 0 Å². The number of H-pyrrole nitrogens is 1. The van der Waals surface area contributed by atoms with Crippen molar-refractivity contribution >= 4 is 11.3 Å². The molecule has 5 nitrogen and oxygen atoms in total. The Morgan fingerprint density at radius 3 is 2.83 bits per heavy atom. The Balaban J connectivity index is 1.59. The highest BCUT2D eigenvalue weighted by atomic mass is 32.1. The summed E-state index contributed by atoms with van der Waals surface area (Å²) >= 11 is 1.66. The van der Waals surface area contributed by atoms with Crippen molar-refractivity contribution < 1.29 is 0 Å². The van der Waals surface area contributed by atoms with Gasteiger partial charge in [-0.2, -0.15) is 0 Å². The van der Waals surface area contributed by atoms with Crippen LogP contribution in [0, 0.1) is 6.92 Å². The molecule has 122 valence electrons. The van der Waals surface area contributed by atoms with E-state index in [4.69, 9.17) is 4.98 Å². The number of fused-ring (bicyclic) bond motifs is 1. The Morgan fingerprint density at radius 2 is 2.08 bits per heavy atom. The maximum atomic E-state index is 12.5. The van der Waals surface area contributed by atoms with Gasteiger partial charge < -0.3 is 4.98 Å². The van der Waals surface area contributed by atoms with Crippen LogP contribution in [0.2, 0.25) is 0 Å². The van der Waals surface area contributed by atoms with E-state index in [0.717, 1.165) is 47.0 Å². The van der Waals surface area contributed by atoms with Gasteiger partial charge in [-0.1, -0.05) is 30.3 Å². The summed E-state index contributed by atoms with van der Waals surface area (Å²) < 4.78 is 0. The fourth-order valence-corrected chi connectivity index (χ4v) is 3.66. The fourth-order valence-electron chi connectivity index (χ4n) is 3.06. The highest BCUT2D eigenvalue weighted by Gasteiger charge is 2.22. The number of aromatic amines is 1. The zero-order chi connectivity index (χ0) is 16.5. The number of hydrogen-bond acceptors (Lipinski definition) is 5. The molecule has 4 rings (SSSR count). The van der Waals surface area contributed by atoms with Crippen LogP contribution in [0.25, 0.3) is 11.4 Å². The molecule has 0 fully saturated rings. The fraction of sp³-hybridized carbons (Fsp3) is 0.278. The predicted molar refractivity (Wildman–Crippen MR) is 95.0 cm³/mol. The average Bonchev–Trinajstić information content (AvgIpc) is 3.01. The molecule has 6 heteroatoms. The van der Waals surface area contributed by atoms with Gasteiger partial charge in [0.1, 0.15) is 5.82 Å². The molecule has 3 aromatic rings. The summed E-state index contributed by atoms with van der Waals surface area (Å²) in [7, 11) is 0. The zero-order valence-electron chi connectivity index (χ0n) is 13.5. The highest BCUT2D eigenvalue weighted by Crippen LogP contribution is 2.20. The van der Waals surface area contributed by atoms with E-state index in [1.54, 1.807) is 11.3 Å². The van der Waals surface area contributed by atoms with Gasteiger partial charge in [0.2, 0.25) is 0 Å². The van der Waals surface area contributed by atoms with Crippen LogP contribution < -0.4 is 5.56 Å². The van der Waals surface area contributed by atoms with Gasteiger partial charge >= 0.3 is 0 Å². The molecule has 0 atom stereocenters. The van der Waals surface area contributed by atoms with Crippen molar-refractivity contribution in [3.8, 4) is 11.4 Å². The summed E-state index contributed by atoms with van der Waals surface area (Å²) in [6.45, 7) is 4.32. The third-order valence-corrected chi connectivity index (χ3v) is 5.07. The Kier molecular flexibility index (Phi) is 4.00. The maximum absolute atomic E-state index is 12.5. The molecule has 0 saturated heterocycles. The number of thiazole rings is 1. The van der Waals surface area contributed by atoms with Crippen LogP contribution in [0.3, 0.4) is 0 Å². The quantitative estimate of drug-likeness (QED) is 0.798. The number of nitrogens with zero attached hydrogens (tertiary/aromatic N) is 3. The summed E-state index contributed by atoms with van der Waals surface area (Å²) in [5.74, 6) is 0.655. The topological polar surface area (TPSA) is 61.9 Å². The van der Waals surface area contributed by atoms with Crippen molar-refractivity contribution in [1.29, 1.82) is 0 Å². The van der Waals surface area contributed by atoms with E-state index in [9.17, 15) is 4.79 Å². The second-order valence-corrected chi connectivity index (χ2v) is 7.09. The molecule has 2 aromatic heterocycles. The van der Waals surface area contributed by atoms with Crippen molar-refractivity contribution in [3.05, 3.63) is 68.0 Å². The summed E-state index contributed by atoms with van der Waals surface area (Å²) in [5, 5.41) is 3.17. The van der Waals surface area contributed by atoms with Crippen LogP contribution in [0.5, 0.6) is 0 Å². The molecule has 1 aliphatic rings. The van der Waals surface area contributed by atoms with Crippen LogP contribution in [0.15, 0.2) is 40.5 Å². The van der Waals surface area contributed by atoms with Crippen molar-refractivity contribution in [1.82, 2.24) is 19.9 Å². The lowest BCUT2D eigenvalue weighted by Crippen LogP contribution is -2.35. The van der Waals surface area contributed by atoms with E-state index in [2.05, 4.69) is 20.2 Å². The largest absolute Gasteiger partial charge is 0.306 e. The van der Waals surface area contributed by atoms with Crippen LogP contribution >= 0.6 is 11.3 Å². The second kappa shape index (κ2) is 6.30. The minimum atomic E-state index is -0.0296. The second-order valence-electron chi connectivity index (χ2n) is 6.02. The Labute approximate surface area is 144 Å². The van der Waals surface area contributed by atoms with Crippen molar-refractivity contribution in [3.63, 3.8) is 0 Å². The number of nitrogens with one attached hydrogen (secondary N) is 1. The lowest BCUT2D eigenvalue weighted by molar-refractivity contribution is 0.239. The van der Waals surface area contributed by atoms with Crippen molar-refractivity contribution in [2.24, 2.45) is 0 Å². The smallest absolute Gasteiger partial charge is 0.255 e. The number of benzene rings is 1. The number of rotatable bonds is 3. The van der Waals surface area contributed by atoms with Gasteiger partial charge in [0.15, 0.2) is 0 Å². The van der Waals surface area contributed by atoms with E-state index in [1.165, 1.54) is 0 Å². The van der Waals surface area contributed by atoms with Gasteiger partial charge in [0.25, 0.3) is 5.56 Å². The minimum Gasteiger partial charge on any atom is -0.306 e. The number of aromatic nitrogens is 3. The van der Waals surface area contributed by atoms with Gasteiger partial charge in [0, 0.05) is 37.0 Å². The molecular formula is C18H18N4OS. The summed E-state index contributed by atoms with van der Waals surface area (Å²) in [6, 6.07) is 9.78. The van der Waals surface area contributed by atoms with Gasteiger partial charge in [0.05, 0.1) is 22.0 Å². The van der Waals surface area contributed by atoms with Crippen LogP contribution in [0.4, 0.5) is 0 Å². The molecule has 0 spiro atoms. The zero-order valence-corrected chi connectivity index (χ0v) is 14.3.